The van der Waals surface area contributed by atoms with E-state index in [1.54, 1.807) is 0 Å². The Bertz CT molecular complexity index is 1020. The average Bonchev–Trinajstić information content (AvgIpc) is 3.05. The van der Waals surface area contributed by atoms with E-state index in [0.29, 0.717) is 18.0 Å². The van der Waals surface area contributed by atoms with Crippen molar-refractivity contribution >= 4 is 12.2 Å². The van der Waals surface area contributed by atoms with E-state index < -0.39 is 0 Å². The number of hydrogen-bond acceptors (Lipinski definition) is 5. The smallest absolute Gasteiger partial charge is 0.203 e. The fourth-order valence-corrected chi connectivity index (χ4v) is 3.67. The maximum absolute atomic E-state index is 6.07. The Hall–Kier alpha value is -2.48. The molecule has 1 fully saturated rings. The number of aromatic nitrogens is 3. The minimum absolute atomic E-state index is 0.344. The highest BCUT2D eigenvalue weighted by Crippen LogP contribution is 2.19. The molecule has 0 atom stereocenters. The van der Waals surface area contributed by atoms with Gasteiger partial charge < -0.3 is 9.47 Å². The number of para-hydroxylation sites is 1. The third-order valence-corrected chi connectivity index (χ3v) is 5.60. The molecule has 3 aromatic rings. The Morgan fingerprint density at radius 3 is 2.52 bits per heavy atom. The first kappa shape index (κ1) is 19.8. The van der Waals surface area contributed by atoms with E-state index >= 15 is 0 Å². The lowest BCUT2D eigenvalue weighted by molar-refractivity contribution is 0.0209. The number of rotatable bonds is 6. The molecule has 0 spiro atoms. The van der Waals surface area contributed by atoms with Crippen molar-refractivity contribution in [2.45, 2.75) is 27.1 Å². The van der Waals surface area contributed by atoms with Crippen molar-refractivity contribution in [3.8, 4) is 11.4 Å². The van der Waals surface area contributed by atoms with E-state index in [1.165, 1.54) is 11.1 Å². The number of hydrogen-bond donors (Lipinski definition) is 0. The van der Waals surface area contributed by atoms with Gasteiger partial charge in [0.1, 0.15) is 12.4 Å². The van der Waals surface area contributed by atoms with E-state index in [4.69, 9.17) is 26.8 Å². The van der Waals surface area contributed by atoms with Crippen LogP contribution in [0.5, 0.6) is 5.75 Å². The highest BCUT2D eigenvalue weighted by Gasteiger charge is 2.17. The number of benzene rings is 2. The molecule has 4 rings (SSSR count). The lowest BCUT2D eigenvalue weighted by Crippen LogP contribution is -2.37. The van der Waals surface area contributed by atoms with Gasteiger partial charge in [-0.25, -0.2) is 4.68 Å². The number of morpholine rings is 1. The second-order valence-corrected chi connectivity index (χ2v) is 7.64. The summed E-state index contributed by atoms with van der Waals surface area (Å²) in [5.74, 6) is 1.62. The molecule has 0 amide bonds. The van der Waals surface area contributed by atoms with Gasteiger partial charge in [0.2, 0.25) is 4.77 Å². The van der Waals surface area contributed by atoms with Crippen molar-refractivity contribution in [1.29, 1.82) is 0 Å². The topological polar surface area (TPSA) is 44.4 Å². The molecule has 6 nitrogen and oxygen atoms in total. The van der Waals surface area contributed by atoms with Crippen LogP contribution in [0.15, 0.2) is 48.5 Å². The summed E-state index contributed by atoms with van der Waals surface area (Å²) in [6.07, 6.45) is 0. The van der Waals surface area contributed by atoms with Gasteiger partial charge in [-0.05, 0) is 61.5 Å². The first-order chi connectivity index (χ1) is 14.1. The van der Waals surface area contributed by atoms with Crippen LogP contribution in [0.4, 0.5) is 0 Å². The number of ether oxygens (including phenoxy) is 2. The molecule has 0 radical (unpaired) electrons. The van der Waals surface area contributed by atoms with Crippen LogP contribution in [0.1, 0.15) is 17.0 Å². The average molecular weight is 411 g/mol. The van der Waals surface area contributed by atoms with Crippen LogP contribution in [0.2, 0.25) is 0 Å². The second kappa shape index (κ2) is 8.90. The van der Waals surface area contributed by atoms with Gasteiger partial charge in [-0.2, -0.15) is 5.10 Å². The van der Waals surface area contributed by atoms with E-state index in [1.807, 2.05) is 45.6 Å². The first-order valence-electron chi connectivity index (χ1n) is 9.86. The van der Waals surface area contributed by atoms with Crippen LogP contribution in [0.25, 0.3) is 5.69 Å². The van der Waals surface area contributed by atoms with E-state index in [0.717, 1.165) is 43.6 Å². The van der Waals surface area contributed by atoms with E-state index in [2.05, 4.69) is 30.9 Å². The van der Waals surface area contributed by atoms with Crippen LogP contribution in [0.3, 0.4) is 0 Å². The zero-order valence-electron chi connectivity index (χ0n) is 16.9. The van der Waals surface area contributed by atoms with Gasteiger partial charge in [-0.15, -0.1) is 0 Å². The van der Waals surface area contributed by atoms with Crippen LogP contribution in [0, 0.1) is 18.6 Å². The van der Waals surface area contributed by atoms with Crippen LogP contribution >= 0.6 is 12.2 Å². The van der Waals surface area contributed by atoms with Gasteiger partial charge in [-0.1, -0.05) is 24.3 Å². The second-order valence-electron chi connectivity index (χ2n) is 7.28. The Balaban J connectivity index is 1.62. The van der Waals surface area contributed by atoms with Crippen LogP contribution in [-0.2, 0) is 18.0 Å². The lowest BCUT2D eigenvalue weighted by atomic mass is 10.1. The van der Waals surface area contributed by atoms with E-state index in [9.17, 15) is 0 Å². The molecule has 0 saturated carbocycles. The summed E-state index contributed by atoms with van der Waals surface area (Å²) in [4.78, 5) is 2.30. The molecule has 0 unspecified atom stereocenters. The molecular formula is C22H26N4O2S. The largest absolute Gasteiger partial charge is 0.486 e. The fourth-order valence-electron chi connectivity index (χ4n) is 3.36. The lowest BCUT2D eigenvalue weighted by Gasteiger charge is -2.26. The highest BCUT2D eigenvalue weighted by molar-refractivity contribution is 7.71. The Morgan fingerprint density at radius 1 is 1.03 bits per heavy atom. The molecule has 1 aliphatic heterocycles. The predicted molar refractivity (Wildman–Crippen MR) is 115 cm³/mol. The molecule has 29 heavy (non-hydrogen) atoms. The summed E-state index contributed by atoms with van der Waals surface area (Å²) < 4.78 is 16.1. The highest BCUT2D eigenvalue weighted by atomic mass is 32.1. The van der Waals surface area contributed by atoms with Gasteiger partial charge in [0.05, 0.1) is 19.9 Å². The molecule has 1 aliphatic rings. The predicted octanol–water partition coefficient (Wildman–Crippen LogP) is 3.89. The third kappa shape index (κ3) is 4.58. The van der Waals surface area contributed by atoms with Gasteiger partial charge in [0.15, 0.2) is 5.82 Å². The van der Waals surface area contributed by atoms with Crippen molar-refractivity contribution in [1.82, 2.24) is 19.2 Å². The molecule has 1 saturated heterocycles. The minimum Gasteiger partial charge on any atom is -0.486 e. The standard InChI is InChI=1S/C22H26N4O2S/c1-17-8-9-20(14-18(17)2)28-15-21-23-25(16-24-10-12-27-13-11-24)22(29)26(21)19-6-4-3-5-7-19/h3-9,14H,10-13,15-16H2,1-2H3. The molecule has 0 aliphatic carbocycles. The Kier molecular flexibility index (Phi) is 6.08. The minimum atomic E-state index is 0.344. The van der Waals surface area contributed by atoms with Gasteiger partial charge >= 0.3 is 0 Å². The van der Waals surface area contributed by atoms with E-state index in [-0.39, 0.29) is 0 Å². The summed E-state index contributed by atoms with van der Waals surface area (Å²) >= 11 is 5.78. The molecular weight excluding hydrogens is 384 g/mol. The number of aryl methyl sites for hydroxylation is 2. The summed E-state index contributed by atoms with van der Waals surface area (Å²) in [5.41, 5.74) is 3.45. The molecule has 152 valence electrons. The molecule has 2 aromatic carbocycles. The van der Waals surface area contributed by atoms with Crippen molar-refractivity contribution in [3.63, 3.8) is 0 Å². The summed E-state index contributed by atoms with van der Waals surface area (Å²) in [6, 6.07) is 16.2. The summed E-state index contributed by atoms with van der Waals surface area (Å²) in [5, 5.41) is 4.80. The fraction of sp³-hybridized carbons (Fsp3) is 0.364. The molecule has 0 N–H and O–H groups in total. The normalized spacial score (nSPS) is 14.8. The zero-order valence-corrected chi connectivity index (χ0v) is 17.7. The van der Waals surface area contributed by atoms with Crippen molar-refractivity contribution < 1.29 is 9.47 Å². The van der Waals surface area contributed by atoms with Crippen LogP contribution < -0.4 is 4.74 Å². The van der Waals surface area contributed by atoms with Gasteiger partial charge in [0.25, 0.3) is 0 Å². The maximum atomic E-state index is 6.07. The maximum Gasteiger partial charge on any atom is 0.203 e. The Labute approximate surface area is 176 Å². The van der Waals surface area contributed by atoms with Gasteiger partial charge in [-0.3, -0.25) is 9.47 Å². The monoisotopic (exact) mass is 410 g/mol. The van der Waals surface area contributed by atoms with Crippen molar-refractivity contribution in [3.05, 3.63) is 70.3 Å². The number of nitrogens with zero attached hydrogens (tertiary/aromatic N) is 4. The quantitative estimate of drug-likeness (QED) is 0.577. The molecule has 2 heterocycles. The first-order valence-corrected chi connectivity index (χ1v) is 10.3. The molecule has 7 heteroatoms. The van der Waals surface area contributed by atoms with Gasteiger partial charge in [0, 0.05) is 18.8 Å². The van der Waals surface area contributed by atoms with Crippen molar-refractivity contribution in [2.24, 2.45) is 0 Å². The van der Waals surface area contributed by atoms with Crippen molar-refractivity contribution in [2.75, 3.05) is 26.3 Å². The Morgan fingerprint density at radius 2 is 1.79 bits per heavy atom. The molecule has 0 bridgehead atoms. The SMILES string of the molecule is Cc1ccc(OCc2nn(CN3CCOCC3)c(=S)n2-c2ccccc2)cc1C. The summed E-state index contributed by atoms with van der Waals surface area (Å²) in [7, 11) is 0. The van der Waals surface area contributed by atoms with Crippen LogP contribution in [-0.4, -0.2) is 45.6 Å². The summed E-state index contributed by atoms with van der Waals surface area (Å²) in [6.45, 7) is 8.44. The molecule has 1 aromatic heterocycles. The zero-order chi connectivity index (χ0) is 20.2. The third-order valence-electron chi connectivity index (χ3n) is 5.20.